The standard InChI is InChI=1S/C16H25N3O2S/c1-13-4-3-6-17-14(13)12-18-7-9-19(10-8-18)16(21)15(20)5-11-22-2/h3-4,6,15,20H,5,7-12H2,1-2H3/t15-/m0/s1. The van der Waals surface area contributed by atoms with Gasteiger partial charge in [0, 0.05) is 38.9 Å². The molecule has 0 aromatic carbocycles. The van der Waals surface area contributed by atoms with Gasteiger partial charge in [0.2, 0.25) is 0 Å². The maximum atomic E-state index is 12.2. The highest BCUT2D eigenvalue weighted by atomic mass is 32.2. The van der Waals surface area contributed by atoms with Crippen LogP contribution in [0.5, 0.6) is 0 Å². The second-order valence-corrected chi connectivity index (χ2v) is 6.65. The summed E-state index contributed by atoms with van der Waals surface area (Å²) in [7, 11) is 0. The Morgan fingerprint density at radius 1 is 1.41 bits per heavy atom. The molecule has 0 unspecified atom stereocenters. The van der Waals surface area contributed by atoms with E-state index in [4.69, 9.17) is 0 Å². The molecule has 6 heteroatoms. The zero-order valence-corrected chi connectivity index (χ0v) is 14.2. The molecule has 0 saturated carbocycles. The third kappa shape index (κ3) is 4.69. The Labute approximate surface area is 136 Å². The number of piperazine rings is 1. The van der Waals surface area contributed by atoms with Crippen LogP contribution in [-0.4, -0.2) is 70.1 Å². The highest BCUT2D eigenvalue weighted by Crippen LogP contribution is 2.12. The van der Waals surface area contributed by atoms with Crippen LogP contribution in [0.3, 0.4) is 0 Å². The van der Waals surface area contributed by atoms with Crippen molar-refractivity contribution in [2.45, 2.75) is 26.0 Å². The molecule has 1 aliphatic rings. The lowest BCUT2D eigenvalue weighted by atomic mass is 10.2. The number of nitrogens with zero attached hydrogens (tertiary/aromatic N) is 3. The molecule has 1 aromatic rings. The van der Waals surface area contributed by atoms with Crippen LogP contribution < -0.4 is 0 Å². The van der Waals surface area contributed by atoms with Crippen molar-refractivity contribution in [2.75, 3.05) is 38.2 Å². The average molecular weight is 323 g/mol. The summed E-state index contributed by atoms with van der Waals surface area (Å²) in [6.45, 7) is 5.92. The summed E-state index contributed by atoms with van der Waals surface area (Å²) >= 11 is 1.65. The van der Waals surface area contributed by atoms with E-state index in [2.05, 4.69) is 22.9 Å². The van der Waals surface area contributed by atoms with E-state index in [9.17, 15) is 9.90 Å². The van der Waals surface area contributed by atoms with Crippen molar-refractivity contribution in [2.24, 2.45) is 0 Å². The summed E-state index contributed by atoms with van der Waals surface area (Å²) in [6.07, 6.45) is 3.49. The highest BCUT2D eigenvalue weighted by Gasteiger charge is 2.26. The van der Waals surface area contributed by atoms with Gasteiger partial charge in [0.1, 0.15) is 6.10 Å². The summed E-state index contributed by atoms with van der Waals surface area (Å²) in [5, 5.41) is 9.91. The Balaban J connectivity index is 1.80. The number of carbonyl (C=O) groups excluding carboxylic acids is 1. The Kier molecular flexibility index (Phi) is 6.67. The van der Waals surface area contributed by atoms with Crippen molar-refractivity contribution in [3.8, 4) is 0 Å². The molecule has 0 bridgehead atoms. The SMILES string of the molecule is CSCC[C@H](O)C(=O)N1CCN(Cc2ncccc2C)CC1. The van der Waals surface area contributed by atoms with E-state index in [1.54, 1.807) is 16.7 Å². The lowest BCUT2D eigenvalue weighted by Gasteiger charge is -2.35. The fraction of sp³-hybridized carbons (Fsp3) is 0.625. The first-order chi connectivity index (χ1) is 10.6. The smallest absolute Gasteiger partial charge is 0.251 e. The van der Waals surface area contributed by atoms with Crippen molar-refractivity contribution in [3.63, 3.8) is 0 Å². The van der Waals surface area contributed by atoms with E-state index in [1.165, 1.54) is 5.56 Å². The monoisotopic (exact) mass is 323 g/mol. The molecule has 122 valence electrons. The molecule has 1 fully saturated rings. The fourth-order valence-electron chi connectivity index (χ4n) is 2.59. The second-order valence-electron chi connectivity index (χ2n) is 5.67. The van der Waals surface area contributed by atoms with E-state index in [0.29, 0.717) is 19.5 Å². The van der Waals surface area contributed by atoms with Crippen LogP contribution in [0.25, 0.3) is 0 Å². The van der Waals surface area contributed by atoms with Crippen LogP contribution in [0.4, 0.5) is 0 Å². The Hall–Kier alpha value is -1.11. The number of aromatic nitrogens is 1. The maximum absolute atomic E-state index is 12.2. The minimum absolute atomic E-state index is 0.122. The van der Waals surface area contributed by atoms with Crippen LogP contribution >= 0.6 is 11.8 Å². The molecule has 1 aliphatic heterocycles. The van der Waals surface area contributed by atoms with Crippen molar-refractivity contribution in [1.29, 1.82) is 0 Å². The zero-order chi connectivity index (χ0) is 15.9. The molecule has 1 N–H and O–H groups in total. The van der Waals surface area contributed by atoms with Gasteiger partial charge in [-0.05, 0) is 37.0 Å². The third-order valence-electron chi connectivity index (χ3n) is 4.06. The number of rotatable bonds is 6. The minimum atomic E-state index is -0.850. The predicted octanol–water partition coefficient (Wildman–Crippen LogP) is 1.15. The molecule has 5 nitrogen and oxygen atoms in total. The van der Waals surface area contributed by atoms with Gasteiger partial charge in [-0.2, -0.15) is 11.8 Å². The van der Waals surface area contributed by atoms with Crippen molar-refractivity contribution in [1.82, 2.24) is 14.8 Å². The highest BCUT2D eigenvalue weighted by molar-refractivity contribution is 7.98. The van der Waals surface area contributed by atoms with Gasteiger partial charge in [0.05, 0.1) is 5.69 Å². The van der Waals surface area contributed by atoms with Crippen LogP contribution in [-0.2, 0) is 11.3 Å². The summed E-state index contributed by atoms with van der Waals surface area (Å²) < 4.78 is 0. The molecule has 22 heavy (non-hydrogen) atoms. The number of carbonyl (C=O) groups is 1. The first-order valence-corrected chi connectivity index (χ1v) is 9.10. The van der Waals surface area contributed by atoms with Crippen LogP contribution in [0.2, 0.25) is 0 Å². The lowest BCUT2D eigenvalue weighted by Crippen LogP contribution is -2.51. The van der Waals surface area contributed by atoms with Gasteiger partial charge >= 0.3 is 0 Å². The zero-order valence-electron chi connectivity index (χ0n) is 13.4. The molecule has 0 radical (unpaired) electrons. The number of aryl methyl sites for hydroxylation is 1. The van der Waals surface area contributed by atoms with Crippen molar-refractivity contribution in [3.05, 3.63) is 29.6 Å². The van der Waals surface area contributed by atoms with Gasteiger partial charge in [-0.3, -0.25) is 14.7 Å². The Morgan fingerprint density at radius 3 is 2.77 bits per heavy atom. The Morgan fingerprint density at radius 2 is 2.14 bits per heavy atom. The molecule has 1 aromatic heterocycles. The van der Waals surface area contributed by atoms with Gasteiger partial charge in [-0.25, -0.2) is 0 Å². The van der Waals surface area contributed by atoms with E-state index >= 15 is 0 Å². The van der Waals surface area contributed by atoms with Crippen LogP contribution in [0.15, 0.2) is 18.3 Å². The predicted molar refractivity (Wildman–Crippen MR) is 89.8 cm³/mol. The molecule has 1 atom stereocenters. The van der Waals surface area contributed by atoms with Crippen molar-refractivity contribution < 1.29 is 9.90 Å². The quantitative estimate of drug-likeness (QED) is 0.851. The van der Waals surface area contributed by atoms with Gasteiger partial charge < -0.3 is 10.0 Å². The molecular weight excluding hydrogens is 298 g/mol. The molecule has 1 saturated heterocycles. The van der Waals surface area contributed by atoms with Gasteiger partial charge in [0.15, 0.2) is 0 Å². The molecule has 2 rings (SSSR count). The number of aliphatic hydroxyl groups excluding tert-OH is 1. The lowest BCUT2D eigenvalue weighted by molar-refractivity contribution is -0.142. The van der Waals surface area contributed by atoms with E-state index in [0.717, 1.165) is 31.1 Å². The Bertz CT molecular complexity index is 490. The van der Waals surface area contributed by atoms with Gasteiger partial charge in [-0.15, -0.1) is 0 Å². The maximum Gasteiger partial charge on any atom is 0.251 e. The van der Waals surface area contributed by atoms with Crippen LogP contribution in [0, 0.1) is 6.92 Å². The third-order valence-corrected chi connectivity index (χ3v) is 4.70. The fourth-order valence-corrected chi connectivity index (χ4v) is 3.04. The molecule has 2 heterocycles. The van der Waals surface area contributed by atoms with Crippen molar-refractivity contribution >= 4 is 17.7 Å². The van der Waals surface area contributed by atoms with E-state index < -0.39 is 6.10 Å². The molecular formula is C16H25N3O2S. The number of thioether (sulfide) groups is 1. The second kappa shape index (κ2) is 8.50. The van der Waals surface area contributed by atoms with Gasteiger partial charge in [-0.1, -0.05) is 6.07 Å². The van der Waals surface area contributed by atoms with E-state index in [1.807, 2.05) is 18.5 Å². The molecule has 0 aliphatic carbocycles. The normalized spacial score (nSPS) is 17.5. The first-order valence-electron chi connectivity index (χ1n) is 7.70. The average Bonchev–Trinajstić information content (AvgIpc) is 2.55. The van der Waals surface area contributed by atoms with Gasteiger partial charge in [0.25, 0.3) is 5.91 Å². The number of aliphatic hydroxyl groups is 1. The largest absolute Gasteiger partial charge is 0.383 e. The summed E-state index contributed by atoms with van der Waals surface area (Å²) in [5.74, 6) is 0.689. The van der Waals surface area contributed by atoms with E-state index in [-0.39, 0.29) is 5.91 Å². The number of hydrogen-bond acceptors (Lipinski definition) is 5. The summed E-state index contributed by atoms with van der Waals surface area (Å²) in [6, 6.07) is 4.02. The molecule has 0 spiro atoms. The molecule has 1 amide bonds. The summed E-state index contributed by atoms with van der Waals surface area (Å²) in [4.78, 5) is 20.7. The summed E-state index contributed by atoms with van der Waals surface area (Å²) in [5.41, 5.74) is 2.30. The topological polar surface area (TPSA) is 56.7 Å². The number of pyridine rings is 1. The van der Waals surface area contributed by atoms with Crippen LogP contribution in [0.1, 0.15) is 17.7 Å². The minimum Gasteiger partial charge on any atom is -0.383 e. The first kappa shape index (κ1) is 17.2. The number of hydrogen-bond donors (Lipinski definition) is 1. The number of amides is 1.